The van der Waals surface area contributed by atoms with Gasteiger partial charge in [0.1, 0.15) is 16.5 Å². The molecule has 5 nitrogen and oxygen atoms in total. The molecule has 1 aliphatic rings. The van der Waals surface area contributed by atoms with Crippen molar-refractivity contribution in [3.8, 4) is 0 Å². The van der Waals surface area contributed by atoms with E-state index in [0.717, 1.165) is 42.8 Å². The van der Waals surface area contributed by atoms with Gasteiger partial charge in [-0.15, -0.1) is 0 Å². The Morgan fingerprint density at radius 2 is 2.00 bits per heavy atom. The van der Waals surface area contributed by atoms with Crippen LogP contribution in [0.15, 0.2) is 41.3 Å². The van der Waals surface area contributed by atoms with Crippen LogP contribution in [-0.2, 0) is 21.2 Å². The SMILES string of the molecule is COCCN1CCCc2ccc(NS(=O)(=O)c3cc(F)ccc3F)cc21. The zero-order chi connectivity index (χ0) is 18.7. The lowest BCUT2D eigenvalue weighted by Crippen LogP contribution is -2.32. The maximum absolute atomic E-state index is 13.8. The smallest absolute Gasteiger partial charge is 0.264 e. The van der Waals surface area contributed by atoms with E-state index in [0.29, 0.717) is 24.9 Å². The number of benzene rings is 2. The highest BCUT2D eigenvalue weighted by Gasteiger charge is 2.22. The quantitative estimate of drug-likeness (QED) is 0.834. The normalized spacial score (nSPS) is 14.2. The Morgan fingerprint density at radius 1 is 1.19 bits per heavy atom. The average molecular weight is 382 g/mol. The van der Waals surface area contributed by atoms with Crippen LogP contribution in [-0.4, -0.2) is 35.2 Å². The number of rotatable bonds is 6. The van der Waals surface area contributed by atoms with Crippen LogP contribution >= 0.6 is 0 Å². The third-order valence-electron chi connectivity index (χ3n) is 4.30. The van der Waals surface area contributed by atoms with Crippen molar-refractivity contribution in [2.45, 2.75) is 17.7 Å². The van der Waals surface area contributed by atoms with Crippen LogP contribution in [0.3, 0.4) is 0 Å². The van der Waals surface area contributed by atoms with Crippen LogP contribution < -0.4 is 9.62 Å². The van der Waals surface area contributed by atoms with Crippen molar-refractivity contribution < 1.29 is 21.9 Å². The second kappa shape index (κ2) is 7.59. The van der Waals surface area contributed by atoms with E-state index in [1.165, 1.54) is 0 Å². The summed E-state index contributed by atoms with van der Waals surface area (Å²) in [5, 5.41) is 0. The first-order chi connectivity index (χ1) is 12.4. The van der Waals surface area contributed by atoms with Gasteiger partial charge in [-0.2, -0.15) is 0 Å². The lowest BCUT2D eigenvalue weighted by atomic mass is 10.0. The van der Waals surface area contributed by atoms with Gasteiger partial charge in [0.25, 0.3) is 10.0 Å². The molecular formula is C18H20F2N2O3S. The second-order valence-electron chi connectivity index (χ2n) is 6.11. The molecule has 2 aromatic rings. The Kier molecular flexibility index (Phi) is 5.43. The highest BCUT2D eigenvalue weighted by molar-refractivity contribution is 7.92. The third kappa shape index (κ3) is 3.96. The summed E-state index contributed by atoms with van der Waals surface area (Å²) in [5.41, 5.74) is 2.34. The molecule has 0 aliphatic carbocycles. The van der Waals surface area contributed by atoms with Gasteiger partial charge in [-0.25, -0.2) is 17.2 Å². The standard InChI is InChI=1S/C18H20F2N2O3S/c1-25-10-9-22-8-2-3-13-4-6-15(12-17(13)22)21-26(23,24)18-11-14(19)5-7-16(18)20/h4-7,11-12,21H,2-3,8-10H2,1H3. The van der Waals surface area contributed by atoms with Gasteiger partial charge in [0.15, 0.2) is 0 Å². The zero-order valence-electron chi connectivity index (χ0n) is 14.3. The fraction of sp³-hybridized carbons (Fsp3) is 0.333. The van der Waals surface area contributed by atoms with Crippen LogP contribution in [0.4, 0.5) is 20.2 Å². The number of ether oxygens (including phenoxy) is 1. The molecule has 0 radical (unpaired) electrons. The minimum atomic E-state index is -4.24. The molecule has 0 saturated carbocycles. The van der Waals surface area contributed by atoms with E-state index in [4.69, 9.17) is 4.74 Å². The van der Waals surface area contributed by atoms with Crippen molar-refractivity contribution in [2.75, 3.05) is 36.4 Å². The Bertz CT molecular complexity index is 903. The van der Waals surface area contributed by atoms with Gasteiger partial charge in [0, 0.05) is 25.9 Å². The van der Waals surface area contributed by atoms with E-state index in [2.05, 4.69) is 9.62 Å². The molecule has 0 saturated heterocycles. The summed E-state index contributed by atoms with van der Waals surface area (Å²) in [5.74, 6) is -1.82. The minimum absolute atomic E-state index is 0.303. The molecule has 0 bridgehead atoms. The maximum atomic E-state index is 13.8. The number of aryl methyl sites for hydroxylation is 1. The van der Waals surface area contributed by atoms with E-state index in [9.17, 15) is 17.2 Å². The summed E-state index contributed by atoms with van der Waals surface area (Å²) in [6, 6.07) is 7.55. The van der Waals surface area contributed by atoms with Gasteiger partial charge in [-0.3, -0.25) is 4.72 Å². The lowest BCUT2D eigenvalue weighted by Gasteiger charge is -2.31. The second-order valence-corrected chi connectivity index (χ2v) is 7.76. The van der Waals surface area contributed by atoms with Gasteiger partial charge >= 0.3 is 0 Å². The van der Waals surface area contributed by atoms with Gasteiger partial charge < -0.3 is 9.64 Å². The van der Waals surface area contributed by atoms with Crippen LogP contribution in [0.1, 0.15) is 12.0 Å². The predicted molar refractivity (Wildman–Crippen MR) is 96.0 cm³/mol. The Balaban J connectivity index is 1.89. The number of hydrogen-bond acceptors (Lipinski definition) is 4. The summed E-state index contributed by atoms with van der Waals surface area (Å²) in [7, 11) is -2.61. The largest absolute Gasteiger partial charge is 0.383 e. The van der Waals surface area contributed by atoms with Crippen molar-refractivity contribution in [2.24, 2.45) is 0 Å². The Labute approximate surface area is 151 Å². The van der Waals surface area contributed by atoms with Crippen molar-refractivity contribution in [3.63, 3.8) is 0 Å². The molecule has 26 heavy (non-hydrogen) atoms. The number of nitrogens with zero attached hydrogens (tertiary/aromatic N) is 1. The van der Waals surface area contributed by atoms with Gasteiger partial charge in [0.05, 0.1) is 12.3 Å². The molecule has 0 unspecified atom stereocenters. The van der Waals surface area contributed by atoms with Crippen molar-refractivity contribution >= 4 is 21.4 Å². The summed E-state index contributed by atoms with van der Waals surface area (Å²) < 4.78 is 59.5. The molecule has 0 spiro atoms. The molecule has 0 fully saturated rings. The van der Waals surface area contributed by atoms with Gasteiger partial charge in [0.2, 0.25) is 0 Å². The monoisotopic (exact) mass is 382 g/mol. The number of methoxy groups -OCH3 is 1. The van der Waals surface area contributed by atoms with Gasteiger partial charge in [-0.05, 0) is 48.7 Å². The van der Waals surface area contributed by atoms with E-state index < -0.39 is 26.6 Å². The lowest BCUT2D eigenvalue weighted by molar-refractivity contribution is 0.205. The topological polar surface area (TPSA) is 58.6 Å². The molecule has 8 heteroatoms. The predicted octanol–water partition coefficient (Wildman–Crippen LogP) is 3.16. The zero-order valence-corrected chi connectivity index (χ0v) is 15.2. The molecule has 1 heterocycles. The molecule has 0 amide bonds. The fourth-order valence-corrected chi connectivity index (χ4v) is 4.18. The number of anilines is 2. The van der Waals surface area contributed by atoms with E-state index in [-0.39, 0.29) is 0 Å². The number of nitrogens with one attached hydrogen (secondary N) is 1. The average Bonchev–Trinajstić information content (AvgIpc) is 2.61. The summed E-state index contributed by atoms with van der Waals surface area (Å²) in [4.78, 5) is 1.41. The molecule has 140 valence electrons. The van der Waals surface area contributed by atoms with Crippen molar-refractivity contribution in [1.29, 1.82) is 0 Å². The van der Waals surface area contributed by atoms with Crippen molar-refractivity contribution in [1.82, 2.24) is 0 Å². The highest BCUT2D eigenvalue weighted by Crippen LogP contribution is 2.31. The van der Waals surface area contributed by atoms with Crippen LogP contribution in [0, 0.1) is 11.6 Å². The molecule has 3 rings (SSSR count). The maximum Gasteiger partial charge on any atom is 0.264 e. The van der Waals surface area contributed by atoms with E-state index >= 15 is 0 Å². The molecular weight excluding hydrogens is 362 g/mol. The molecule has 0 aromatic heterocycles. The summed E-state index contributed by atoms with van der Waals surface area (Å²) in [6.45, 7) is 2.10. The molecule has 1 N–H and O–H groups in total. The van der Waals surface area contributed by atoms with Crippen LogP contribution in [0.25, 0.3) is 0 Å². The Hall–Kier alpha value is -2.19. The highest BCUT2D eigenvalue weighted by atomic mass is 32.2. The van der Waals surface area contributed by atoms with Crippen LogP contribution in [0.2, 0.25) is 0 Å². The Morgan fingerprint density at radius 3 is 2.77 bits per heavy atom. The summed E-state index contributed by atoms with van der Waals surface area (Å²) >= 11 is 0. The number of halogens is 2. The molecule has 2 aromatic carbocycles. The number of fused-ring (bicyclic) bond motifs is 1. The van der Waals surface area contributed by atoms with Crippen LogP contribution in [0.5, 0.6) is 0 Å². The fourth-order valence-electron chi connectivity index (χ4n) is 3.04. The first-order valence-electron chi connectivity index (χ1n) is 8.25. The minimum Gasteiger partial charge on any atom is -0.383 e. The number of hydrogen-bond donors (Lipinski definition) is 1. The molecule has 0 atom stereocenters. The van der Waals surface area contributed by atoms with E-state index in [1.54, 1.807) is 19.2 Å². The number of sulfonamides is 1. The third-order valence-corrected chi connectivity index (χ3v) is 5.70. The summed E-state index contributed by atoms with van der Waals surface area (Å²) in [6.07, 6.45) is 1.92. The van der Waals surface area contributed by atoms with Crippen molar-refractivity contribution in [3.05, 3.63) is 53.6 Å². The van der Waals surface area contributed by atoms with Gasteiger partial charge in [-0.1, -0.05) is 6.07 Å². The first-order valence-corrected chi connectivity index (χ1v) is 9.74. The first kappa shape index (κ1) is 18.6. The van der Waals surface area contributed by atoms with E-state index in [1.807, 2.05) is 6.07 Å². The molecule has 1 aliphatic heterocycles.